The van der Waals surface area contributed by atoms with Gasteiger partial charge in [-0.2, -0.15) is 0 Å². The molecule has 164 valence electrons. The van der Waals surface area contributed by atoms with Gasteiger partial charge in [0.2, 0.25) is 5.78 Å². The molecule has 6 nitrogen and oxygen atoms in total. The lowest BCUT2D eigenvalue weighted by molar-refractivity contribution is 0.0935. The molecule has 0 fully saturated rings. The van der Waals surface area contributed by atoms with E-state index in [-0.39, 0.29) is 29.7 Å². The van der Waals surface area contributed by atoms with Crippen molar-refractivity contribution in [2.45, 2.75) is 19.5 Å². The number of nitrogens with one attached hydrogen (secondary N) is 1. The first-order chi connectivity index (χ1) is 16.0. The van der Waals surface area contributed by atoms with Crippen molar-refractivity contribution in [3.8, 4) is 0 Å². The average Bonchev–Trinajstić information content (AvgIpc) is 3.29. The van der Waals surface area contributed by atoms with Crippen LogP contribution in [-0.2, 0) is 6.54 Å². The molecule has 5 aromatic rings. The normalized spacial score (nSPS) is 12.2. The van der Waals surface area contributed by atoms with Crippen molar-refractivity contribution in [2.24, 2.45) is 0 Å². The van der Waals surface area contributed by atoms with Crippen LogP contribution in [0, 0.1) is 0 Å². The summed E-state index contributed by atoms with van der Waals surface area (Å²) < 4.78 is 3.34. The van der Waals surface area contributed by atoms with Gasteiger partial charge in [-0.1, -0.05) is 72.3 Å². The average molecular weight is 457 g/mol. The quantitative estimate of drug-likeness (QED) is 0.411. The molecule has 2 aromatic heterocycles. The molecule has 1 N–H and O–H groups in total. The van der Waals surface area contributed by atoms with E-state index in [9.17, 15) is 9.59 Å². The van der Waals surface area contributed by atoms with Crippen LogP contribution < -0.4 is 10.9 Å². The summed E-state index contributed by atoms with van der Waals surface area (Å²) in [5, 5.41) is 4.10. The van der Waals surface area contributed by atoms with Crippen molar-refractivity contribution >= 4 is 34.2 Å². The summed E-state index contributed by atoms with van der Waals surface area (Å²) in [5.74, 6) is 0.0759. The maximum atomic E-state index is 13.4. The van der Waals surface area contributed by atoms with Gasteiger partial charge in [0, 0.05) is 11.2 Å². The molecule has 1 amide bonds. The summed E-state index contributed by atoms with van der Waals surface area (Å²) in [6.45, 7) is 2.16. The third kappa shape index (κ3) is 3.90. The number of carbonyl (C=O) groups excluding carboxylic acids is 1. The Morgan fingerprint density at radius 1 is 1.00 bits per heavy atom. The number of nitrogens with zero attached hydrogens (tertiary/aromatic N) is 3. The first kappa shape index (κ1) is 21.0. The number of carbonyl (C=O) groups is 1. The molecule has 0 aliphatic carbocycles. The van der Waals surface area contributed by atoms with Gasteiger partial charge in [0.05, 0.1) is 23.5 Å². The second kappa shape index (κ2) is 8.56. The minimum absolute atomic E-state index is 0.187. The number of para-hydroxylation sites is 1. The predicted octanol–water partition coefficient (Wildman–Crippen LogP) is 4.84. The van der Waals surface area contributed by atoms with Gasteiger partial charge in [-0.25, -0.2) is 4.98 Å². The van der Waals surface area contributed by atoms with Crippen molar-refractivity contribution in [3.05, 3.63) is 117 Å². The van der Waals surface area contributed by atoms with Crippen LogP contribution in [0.2, 0.25) is 5.02 Å². The van der Waals surface area contributed by atoms with Gasteiger partial charge in [-0.05, 0) is 36.2 Å². The highest BCUT2D eigenvalue weighted by Crippen LogP contribution is 2.20. The molecular weight excluding hydrogens is 436 g/mol. The van der Waals surface area contributed by atoms with E-state index in [1.807, 2.05) is 73.7 Å². The van der Waals surface area contributed by atoms with Gasteiger partial charge in [-0.15, -0.1) is 0 Å². The Balaban J connectivity index is 1.61. The van der Waals surface area contributed by atoms with Crippen LogP contribution in [0.3, 0.4) is 0 Å². The van der Waals surface area contributed by atoms with E-state index < -0.39 is 0 Å². The highest BCUT2D eigenvalue weighted by molar-refractivity contribution is 6.31. The van der Waals surface area contributed by atoms with E-state index in [1.54, 1.807) is 27.3 Å². The van der Waals surface area contributed by atoms with Crippen LogP contribution in [-0.4, -0.2) is 19.9 Å². The molecule has 0 aliphatic heterocycles. The molecule has 7 heteroatoms. The van der Waals surface area contributed by atoms with E-state index in [0.717, 1.165) is 11.1 Å². The fourth-order valence-electron chi connectivity index (χ4n) is 3.98. The molecule has 3 aromatic carbocycles. The number of hydrogen-bond acceptors (Lipinski definition) is 3. The van der Waals surface area contributed by atoms with Crippen molar-refractivity contribution < 1.29 is 4.79 Å². The molecule has 0 bridgehead atoms. The van der Waals surface area contributed by atoms with E-state index in [0.29, 0.717) is 21.7 Å². The van der Waals surface area contributed by atoms with Gasteiger partial charge >= 0.3 is 0 Å². The lowest BCUT2D eigenvalue weighted by Crippen LogP contribution is -2.27. The summed E-state index contributed by atoms with van der Waals surface area (Å²) in [5.41, 5.74) is 2.53. The molecule has 2 heterocycles. The van der Waals surface area contributed by atoms with Gasteiger partial charge in [0.15, 0.2) is 0 Å². The number of rotatable bonds is 5. The smallest absolute Gasteiger partial charge is 0.272 e. The van der Waals surface area contributed by atoms with Crippen LogP contribution in [0.1, 0.15) is 34.6 Å². The molecule has 0 spiro atoms. The molecule has 0 saturated heterocycles. The van der Waals surface area contributed by atoms with Crippen LogP contribution in [0.25, 0.3) is 16.7 Å². The number of halogens is 1. The molecule has 5 rings (SSSR count). The van der Waals surface area contributed by atoms with E-state index in [1.165, 1.54) is 0 Å². The number of amides is 1. The molecule has 0 aliphatic rings. The van der Waals surface area contributed by atoms with Crippen LogP contribution in [0.4, 0.5) is 0 Å². The SMILES string of the molecule is CC(NC(=O)c1cn2c3ccccc3c(=O)n(Cc3ccccc3Cl)c2n1)c1ccccc1. The number of imidazole rings is 1. The number of fused-ring (bicyclic) bond motifs is 3. The summed E-state index contributed by atoms with van der Waals surface area (Å²) in [7, 11) is 0. The van der Waals surface area contributed by atoms with E-state index in [2.05, 4.69) is 10.3 Å². The molecule has 1 unspecified atom stereocenters. The predicted molar refractivity (Wildman–Crippen MR) is 130 cm³/mol. The van der Waals surface area contributed by atoms with Crippen molar-refractivity contribution in [1.29, 1.82) is 0 Å². The standard InChI is InChI=1S/C26H21ClN4O2/c1-17(18-9-3-2-4-10-18)28-24(32)22-16-30-23-14-8-6-12-20(23)25(33)31(26(30)29-22)15-19-11-5-7-13-21(19)27/h2-14,16-17H,15H2,1H3,(H,28,32). The minimum atomic E-state index is -0.309. The van der Waals surface area contributed by atoms with Crippen molar-refractivity contribution in [3.63, 3.8) is 0 Å². The van der Waals surface area contributed by atoms with E-state index in [4.69, 9.17) is 11.6 Å². The number of benzene rings is 3. The summed E-state index contributed by atoms with van der Waals surface area (Å²) in [6, 6.07) is 24.2. The Morgan fingerprint density at radius 3 is 2.48 bits per heavy atom. The summed E-state index contributed by atoms with van der Waals surface area (Å²) >= 11 is 6.36. The fourth-order valence-corrected chi connectivity index (χ4v) is 4.18. The Labute approximate surface area is 195 Å². The Kier molecular flexibility index (Phi) is 5.44. The third-order valence-corrected chi connectivity index (χ3v) is 6.10. The van der Waals surface area contributed by atoms with Crippen molar-refractivity contribution in [2.75, 3.05) is 0 Å². The topological polar surface area (TPSA) is 68.4 Å². The maximum Gasteiger partial charge on any atom is 0.272 e. The molecular formula is C26H21ClN4O2. The first-order valence-corrected chi connectivity index (χ1v) is 11.0. The van der Waals surface area contributed by atoms with Gasteiger partial charge in [0.1, 0.15) is 5.69 Å². The van der Waals surface area contributed by atoms with Gasteiger partial charge in [0.25, 0.3) is 11.5 Å². The van der Waals surface area contributed by atoms with Crippen LogP contribution in [0.5, 0.6) is 0 Å². The van der Waals surface area contributed by atoms with Crippen molar-refractivity contribution in [1.82, 2.24) is 19.3 Å². The molecule has 33 heavy (non-hydrogen) atoms. The highest BCUT2D eigenvalue weighted by atomic mass is 35.5. The zero-order valence-electron chi connectivity index (χ0n) is 17.9. The zero-order valence-corrected chi connectivity index (χ0v) is 18.7. The third-order valence-electron chi connectivity index (χ3n) is 5.73. The molecule has 0 saturated carbocycles. The lowest BCUT2D eigenvalue weighted by Gasteiger charge is -2.13. The van der Waals surface area contributed by atoms with Crippen LogP contribution in [0.15, 0.2) is 89.9 Å². The number of hydrogen-bond donors (Lipinski definition) is 1. The Morgan fingerprint density at radius 2 is 1.70 bits per heavy atom. The highest BCUT2D eigenvalue weighted by Gasteiger charge is 2.19. The van der Waals surface area contributed by atoms with Gasteiger partial charge < -0.3 is 5.32 Å². The monoisotopic (exact) mass is 456 g/mol. The molecule has 1 atom stereocenters. The van der Waals surface area contributed by atoms with Crippen LogP contribution >= 0.6 is 11.6 Å². The minimum Gasteiger partial charge on any atom is -0.344 e. The largest absolute Gasteiger partial charge is 0.344 e. The summed E-state index contributed by atoms with van der Waals surface area (Å²) in [6.07, 6.45) is 1.67. The Bertz CT molecular complexity index is 1540. The van der Waals surface area contributed by atoms with Gasteiger partial charge in [-0.3, -0.25) is 18.6 Å². The number of aromatic nitrogens is 3. The second-order valence-electron chi connectivity index (χ2n) is 7.90. The molecule has 0 radical (unpaired) electrons. The first-order valence-electron chi connectivity index (χ1n) is 10.6. The Hall–Kier alpha value is -3.90. The zero-order chi connectivity index (χ0) is 22.9. The van der Waals surface area contributed by atoms with E-state index >= 15 is 0 Å². The fraction of sp³-hybridized carbons (Fsp3) is 0.115. The summed E-state index contributed by atoms with van der Waals surface area (Å²) in [4.78, 5) is 31.0. The maximum absolute atomic E-state index is 13.4. The lowest BCUT2D eigenvalue weighted by atomic mass is 10.1. The second-order valence-corrected chi connectivity index (χ2v) is 8.31.